The van der Waals surface area contributed by atoms with Gasteiger partial charge in [-0.2, -0.15) is 0 Å². The number of hydrogen-bond acceptors (Lipinski definition) is 5. The maximum atomic E-state index is 11.0. The van der Waals surface area contributed by atoms with Crippen molar-refractivity contribution in [2.24, 2.45) is 0 Å². The topological polar surface area (TPSA) is 84.0 Å². The summed E-state index contributed by atoms with van der Waals surface area (Å²) >= 11 is 3.41. The molecule has 0 aliphatic rings. The molecule has 8 heteroatoms. The minimum atomic E-state index is -3.34. The number of anilines is 3. The summed E-state index contributed by atoms with van der Waals surface area (Å²) < 4.78 is 25.2. The van der Waals surface area contributed by atoms with Crippen LogP contribution in [0.5, 0.6) is 0 Å². The fourth-order valence-electron chi connectivity index (χ4n) is 1.34. The second kappa shape index (κ2) is 5.54. The van der Waals surface area contributed by atoms with Crippen LogP contribution in [-0.2, 0) is 10.0 Å². The van der Waals surface area contributed by atoms with Crippen molar-refractivity contribution >= 4 is 43.3 Å². The molecule has 0 atom stereocenters. The fraction of sp³-hybridized carbons (Fsp3) is 0.0909. The van der Waals surface area contributed by atoms with E-state index in [1.165, 1.54) is 6.07 Å². The summed E-state index contributed by atoms with van der Waals surface area (Å²) in [5.41, 5.74) is 0.848. The molecule has 1 aromatic carbocycles. The fourth-order valence-corrected chi connectivity index (χ4v) is 2.22. The van der Waals surface area contributed by atoms with Gasteiger partial charge in [-0.1, -0.05) is 12.1 Å². The van der Waals surface area contributed by atoms with Gasteiger partial charge >= 0.3 is 0 Å². The maximum absolute atomic E-state index is 11.0. The minimum Gasteiger partial charge on any atom is -0.338 e. The highest BCUT2D eigenvalue weighted by molar-refractivity contribution is 9.10. The van der Waals surface area contributed by atoms with E-state index < -0.39 is 10.0 Å². The zero-order chi connectivity index (χ0) is 13.9. The number of benzene rings is 1. The molecule has 19 heavy (non-hydrogen) atoms. The Balaban J connectivity index is 2.13. The second-order valence-electron chi connectivity index (χ2n) is 3.78. The minimum absolute atomic E-state index is 0.181. The number of para-hydroxylation sites is 1. The Bertz CT molecular complexity index is 673. The van der Waals surface area contributed by atoms with E-state index in [0.717, 1.165) is 16.4 Å². The Morgan fingerprint density at radius 2 is 1.68 bits per heavy atom. The number of nitrogens with zero attached hydrogens (tertiary/aromatic N) is 2. The average Bonchev–Trinajstić information content (AvgIpc) is 2.33. The Hall–Kier alpha value is -1.67. The third-order valence-corrected chi connectivity index (χ3v) is 3.36. The molecule has 1 heterocycles. The predicted octanol–water partition coefficient (Wildman–Crippen LogP) is 2.35. The quantitative estimate of drug-likeness (QED) is 0.890. The summed E-state index contributed by atoms with van der Waals surface area (Å²) in [6.07, 6.45) is 1.06. The van der Waals surface area contributed by atoms with Crippen molar-refractivity contribution in [1.82, 2.24) is 10.2 Å². The molecule has 0 spiro atoms. The highest BCUT2D eigenvalue weighted by Crippen LogP contribution is 2.24. The molecule has 100 valence electrons. The van der Waals surface area contributed by atoms with Gasteiger partial charge in [0.05, 0.1) is 11.9 Å². The maximum Gasteiger partial charge on any atom is 0.231 e. The standard InChI is InChI=1S/C11H11BrN4O2S/c1-19(17,18)16-11-7-6-10(14-15-11)13-9-5-3-2-4-8(9)12/h2-7H,1H3,(H,13,14)(H,15,16). The molecule has 0 amide bonds. The Labute approximate surface area is 119 Å². The Kier molecular flexibility index (Phi) is 4.01. The monoisotopic (exact) mass is 342 g/mol. The summed E-state index contributed by atoms with van der Waals surface area (Å²) in [6, 6.07) is 10.7. The first-order valence-corrected chi connectivity index (χ1v) is 7.95. The summed E-state index contributed by atoms with van der Waals surface area (Å²) in [5.74, 6) is 0.700. The number of aromatic nitrogens is 2. The number of nitrogens with one attached hydrogen (secondary N) is 2. The van der Waals surface area contributed by atoms with E-state index in [2.05, 4.69) is 36.2 Å². The largest absolute Gasteiger partial charge is 0.338 e. The van der Waals surface area contributed by atoms with Crippen molar-refractivity contribution in [3.63, 3.8) is 0 Å². The second-order valence-corrected chi connectivity index (χ2v) is 6.39. The number of rotatable bonds is 4. The number of halogens is 1. The van der Waals surface area contributed by atoms with E-state index in [4.69, 9.17) is 0 Å². The van der Waals surface area contributed by atoms with Crippen LogP contribution in [0, 0.1) is 0 Å². The molecule has 0 bridgehead atoms. The molecule has 6 nitrogen and oxygen atoms in total. The van der Waals surface area contributed by atoms with Crippen LogP contribution in [0.2, 0.25) is 0 Å². The van der Waals surface area contributed by atoms with E-state index in [-0.39, 0.29) is 5.82 Å². The van der Waals surface area contributed by atoms with E-state index in [0.29, 0.717) is 5.82 Å². The first-order valence-electron chi connectivity index (χ1n) is 5.27. The van der Waals surface area contributed by atoms with Gasteiger partial charge in [0.15, 0.2) is 11.6 Å². The molecule has 0 saturated heterocycles. The van der Waals surface area contributed by atoms with Crippen molar-refractivity contribution in [3.8, 4) is 0 Å². The lowest BCUT2D eigenvalue weighted by Gasteiger charge is -2.07. The van der Waals surface area contributed by atoms with Gasteiger partial charge in [0.2, 0.25) is 10.0 Å². The number of hydrogen-bond donors (Lipinski definition) is 2. The molecule has 0 aliphatic heterocycles. The molecule has 1 aromatic heterocycles. The zero-order valence-corrected chi connectivity index (χ0v) is 12.4. The van der Waals surface area contributed by atoms with Crippen LogP contribution in [-0.4, -0.2) is 24.9 Å². The van der Waals surface area contributed by atoms with Crippen LogP contribution >= 0.6 is 15.9 Å². The molecule has 0 fully saturated rings. The molecule has 0 radical (unpaired) electrons. The lowest BCUT2D eigenvalue weighted by Crippen LogP contribution is -2.11. The smallest absolute Gasteiger partial charge is 0.231 e. The van der Waals surface area contributed by atoms with Gasteiger partial charge in [0, 0.05) is 4.47 Å². The highest BCUT2D eigenvalue weighted by atomic mass is 79.9. The molecular weight excluding hydrogens is 332 g/mol. The first-order chi connectivity index (χ1) is 8.94. The molecular formula is C11H11BrN4O2S. The summed E-state index contributed by atoms with van der Waals surface area (Å²) in [6.45, 7) is 0. The molecule has 0 aliphatic carbocycles. The van der Waals surface area contributed by atoms with Crippen LogP contribution in [0.15, 0.2) is 40.9 Å². The van der Waals surface area contributed by atoms with E-state index in [9.17, 15) is 8.42 Å². The van der Waals surface area contributed by atoms with Crippen LogP contribution in [0.4, 0.5) is 17.3 Å². The van der Waals surface area contributed by atoms with Crippen molar-refractivity contribution in [2.75, 3.05) is 16.3 Å². The molecule has 2 rings (SSSR count). The van der Waals surface area contributed by atoms with E-state index in [1.54, 1.807) is 6.07 Å². The Morgan fingerprint density at radius 3 is 2.26 bits per heavy atom. The third kappa shape index (κ3) is 4.18. The first kappa shape index (κ1) is 13.8. The molecule has 0 saturated carbocycles. The lowest BCUT2D eigenvalue weighted by molar-refractivity contribution is 0.606. The molecule has 2 N–H and O–H groups in total. The van der Waals surface area contributed by atoms with Crippen LogP contribution in [0.3, 0.4) is 0 Å². The number of sulfonamides is 1. The van der Waals surface area contributed by atoms with E-state index in [1.807, 2.05) is 24.3 Å². The molecule has 0 unspecified atom stereocenters. The molecule has 2 aromatic rings. The third-order valence-electron chi connectivity index (χ3n) is 2.09. The van der Waals surface area contributed by atoms with Gasteiger partial charge in [-0.05, 0) is 40.2 Å². The van der Waals surface area contributed by atoms with Gasteiger partial charge in [-0.15, -0.1) is 10.2 Å². The Morgan fingerprint density at radius 1 is 1.05 bits per heavy atom. The van der Waals surface area contributed by atoms with Crippen LogP contribution in [0.25, 0.3) is 0 Å². The van der Waals surface area contributed by atoms with E-state index >= 15 is 0 Å². The van der Waals surface area contributed by atoms with Crippen molar-refractivity contribution in [1.29, 1.82) is 0 Å². The van der Waals surface area contributed by atoms with Gasteiger partial charge in [0.25, 0.3) is 0 Å². The van der Waals surface area contributed by atoms with Crippen molar-refractivity contribution in [3.05, 3.63) is 40.9 Å². The van der Waals surface area contributed by atoms with Crippen LogP contribution < -0.4 is 10.0 Å². The normalized spacial score (nSPS) is 11.1. The van der Waals surface area contributed by atoms with Crippen LogP contribution in [0.1, 0.15) is 0 Å². The average molecular weight is 343 g/mol. The van der Waals surface area contributed by atoms with Gasteiger partial charge in [-0.3, -0.25) is 4.72 Å². The van der Waals surface area contributed by atoms with Crippen molar-refractivity contribution in [2.45, 2.75) is 0 Å². The zero-order valence-electron chi connectivity index (χ0n) is 9.96. The van der Waals surface area contributed by atoms with Gasteiger partial charge < -0.3 is 5.32 Å². The highest BCUT2D eigenvalue weighted by Gasteiger charge is 2.05. The lowest BCUT2D eigenvalue weighted by atomic mass is 10.3. The summed E-state index contributed by atoms with van der Waals surface area (Å²) in [4.78, 5) is 0. The van der Waals surface area contributed by atoms with Gasteiger partial charge in [-0.25, -0.2) is 8.42 Å². The predicted molar refractivity (Wildman–Crippen MR) is 77.9 cm³/mol. The summed E-state index contributed by atoms with van der Waals surface area (Å²) in [5, 5.41) is 10.7. The van der Waals surface area contributed by atoms with Crippen molar-refractivity contribution < 1.29 is 8.42 Å². The van der Waals surface area contributed by atoms with Gasteiger partial charge in [0.1, 0.15) is 0 Å². The SMILES string of the molecule is CS(=O)(=O)Nc1ccc(Nc2ccccc2Br)nn1. The summed E-state index contributed by atoms with van der Waals surface area (Å²) in [7, 11) is -3.34.